The molecule has 4 aliphatic rings. The number of piperidine rings is 4. The molecule has 0 saturated carbocycles. The van der Waals surface area contributed by atoms with Crippen LogP contribution < -0.4 is 10.6 Å². The maximum Gasteiger partial charge on any atom is 0.240 e. The fourth-order valence-electron chi connectivity index (χ4n) is 3.71. The summed E-state index contributed by atoms with van der Waals surface area (Å²) in [4.78, 5) is 15.0. The lowest BCUT2D eigenvalue weighted by atomic mass is 9.83. The third kappa shape index (κ3) is 2.28. The Balaban J connectivity index is 1.60. The highest BCUT2D eigenvalue weighted by molar-refractivity contribution is 5.86. The van der Waals surface area contributed by atoms with E-state index in [1.165, 1.54) is 32.4 Å². The highest BCUT2D eigenvalue weighted by Crippen LogP contribution is 2.28. The predicted molar refractivity (Wildman–Crippen MR) is 71.4 cm³/mol. The van der Waals surface area contributed by atoms with Crippen molar-refractivity contribution in [2.24, 2.45) is 5.92 Å². The number of amides is 1. The summed E-state index contributed by atoms with van der Waals surface area (Å²) in [5.41, 5.74) is -0.329. The second-order valence-electron chi connectivity index (χ2n) is 6.43. The minimum absolute atomic E-state index is 0.223. The van der Waals surface area contributed by atoms with Crippen LogP contribution in [0.4, 0.5) is 0 Å². The molecule has 102 valence electrons. The van der Waals surface area contributed by atoms with Gasteiger partial charge in [0.05, 0.1) is 5.54 Å². The zero-order chi connectivity index (χ0) is 12.6. The standard InChI is InChI=1S/C14H25N3O/c1-14(6-2-3-7-15-14)13(18)16-12-10-17-8-4-11(12)5-9-17/h11-12,15H,2-10H2,1H3,(H,16,18). The molecule has 18 heavy (non-hydrogen) atoms. The summed E-state index contributed by atoms with van der Waals surface area (Å²) in [7, 11) is 0. The van der Waals surface area contributed by atoms with E-state index in [4.69, 9.17) is 0 Å². The molecule has 4 aliphatic heterocycles. The summed E-state index contributed by atoms with van der Waals surface area (Å²) in [6.45, 7) is 6.55. The van der Waals surface area contributed by atoms with Gasteiger partial charge < -0.3 is 15.5 Å². The lowest BCUT2D eigenvalue weighted by Crippen LogP contribution is -2.63. The average Bonchev–Trinajstić information content (AvgIpc) is 2.41. The molecule has 4 heterocycles. The van der Waals surface area contributed by atoms with Crippen LogP contribution in [0.1, 0.15) is 39.0 Å². The molecule has 4 heteroatoms. The second kappa shape index (κ2) is 4.82. The topological polar surface area (TPSA) is 44.4 Å². The molecule has 2 unspecified atom stereocenters. The highest BCUT2D eigenvalue weighted by atomic mass is 16.2. The SMILES string of the molecule is CC1(C(=O)NC2CN3CCC2CC3)CCCCN1. The molecule has 0 aliphatic carbocycles. The third-order valence-corrected chi connectivity index (χ3v) is 5.09. The van der Waals surface area contributed by atoms with Crippen LogP contribution in [0.3, 0.4) is 0 Å². The number of fused-ring (bicyclic) bond motifs is 3. The van der Waals surface area contributed by atoms with Gasteiger partial charge in [-0.25, -0.2) is 0 Å². The second-order valence-corrected chi connectivity index (χ2v) is 6.43. The fraction of sp³-hybridized carbons (Fsp3) is 0.929. The monoisotopic (exact) mass is 251 g/mol. The van der Waals surface area contributed by atoms with Crippen LogP contribution in [-0.2, 0) is 4.79 Å². The van der Waals surface area contributed by atoms with Crippen LogP contribution in [0.5, 0.6) is 0 Å². The molecule has 1 amide bonds. The summed E-state index contributed by atoms with van der Waals surface area (Å²) < 4.78 is 0. The zero-order valence-electron chi connectivity index (χ0n) is 11.4. The van der Waals surface area contributed by atoms with Crippen molar-refractivity contribution in [1.29, 1.82) is 0 Å². The van der Waals surface area contributed by atoms with Crippen LogP contribution in [0.25, 0.3) is 0 Å². The summed E-state index contributed by atoms with van der Waals surface area (Å²) in [6, 6.07) is 0.389. The number of carbonyl (C=O) groups is 1. The van der Waals surface area contributed by atoms with Gasteiger partial charge in [-0.2, -0.15) is 0 Å². The zero-order valence-corrected chi connectivity index (χ0v) is 11.4. The van der Waals surface area contributed by atoms with Gasteiger partial charge in [0, 0.05) is 12.6 Å². The van der Waals surface area contributed by atoms with Gasteiger partial charge >= 0.3 is 0 Å². The van der Waals surface area contributed by atoms with E-state index < -0.39 is 0 Å². The van der Waals surface area contributed by atoms with Gasteiger partial charge in [0.2, 0.25) is 5.91 Å². The molecule has 0 radical (unpaired) electrons. The van der Waals surface area contributed by atoms with Crippen molar-refractivity contribution in [2.45, 2.75) is 50.6 Å². The third-order valence-electron chi connectivity index (χ3n) is 5.09. The van der Waals surface area contributed by atoms with Gasteiger partial charge in [-0.1, -0.05) is 0 Å². The number of hydrogen-bond donors (Lipinski definition) is 2. The maximum atomic E-state index is 12.5. The van der Waals surface area contributed by atoms with E-state index >= 15 is 0 Å². The van der Waals surface area contributed by atoms with Crippen LogP contribution in [0, 0.1) is 5.92 Å². The normalized spacial score (nSPS) is 43.7. The summed E-state index contributed by atoms with van der Waals surface area (Å²) in [6.07, 6.45) is 5.85. The van der Waals surface area contributed by atoms with E-state index in [2.05, 4.69) is 22.5 Å². The van der Waals surface area contributed by atoms with Crippen molar-refractivity contribution >= 4 is 5.91 Å². The first-order valence-corrected chi connectivity index (χ1v) is 7.46. The highest BCUT2D eigenvalue weighted by Gasteiger charge is 2.39. The Morgan fingerprint density at radius 2 is 2.11 bits per heavy atom. The Bertz CT molecular complexity index is 317. The molecule has 2 atom stereocenters. The number of nitrogens with one attached hydrogen (secondary N) is 2. The first kappa shape index (κ1) is 12.4. The number of hydrogen-bond acceptors (Lipinski definition) is 3. The molecule has 0 spiro atoms. The Morgan fingerprint density at radius 3 is 2.67 bits per heavy atom. The number of carbonyl (C=O) groups excluding carboxylic acids is 1. The maximum absolute atomic E-state index is 12.5. The Morgan fingerprint density at radius 1 is 1.33 bits per heavy atom. The van der Waals surface area contributed by atoms with Gasteiger partial charge in [0.1, 0.15) is 0 Å². The molecule has 4 nitrogen and oxygen atoms in total. The first-order chi connectivity index (χ1) is 8.67. The van der Waals surface area contributed by atoms with E-state index in [1.807, 2.05) is 0 Å². The smallest absolute Gasteiger partial charge is 0.240 e. The van der Waals surface area contributed by atoms with E-state index in [-0.39, 0.29) is 11.4 Å². The molecule has 4 fully saturated rings. The average molecular weight is 251 g/mol. The lowest BCUT2D eigenvalue weighted by Gasteiger charge is -2.46. The predicted octanol–water partition coefficient (Wildman–Crippen LogP) is 0.729. The number of rotatable bonds is 2. The summed E-state index contributed by atoms with van der Waals surface area (Å²) >= 11 is 0. The molecule has 2 bridgehead atoms. The largest absolute Gasteiger partial charge is 0.350 e. The summed E-state index contributed by atoms with van der Waals surface area (Å²) in [5.74, 6) is 0.937. The Hall–Kier alpha value is -0.610. The number of nitrogens with zero attached hydrogens (tertiary/aromatic N) is 1. The van der Waals surface area contributed by atoms with Crippen LogP contribution in [0.15, 0.2) is 0 Å². The lowest BCUT2D eigenvalue weighted by molar-refractivity contribution is -0.130. The van der Waals surface area contributed by atoms with Crippen LogP contribution >= 0.6 is 0 Å². The van der Waals surface area contributed by atoms with Crippen LogP contribution in [0.2, 0.25) is 0 Å². The molecule has 4 saturated heterocycles. The Labute approximate surface area is 109 Å². The van der Waals surface area contributed by atoms with Crippen molar-refractivity contribution in [3.63, 3.8) is 0 Å². The van der Waals surface area contributed by atoms with Crippen molar-refractivity contribution in [3.8, 4) is 0 Å². The molecule has 0 aromatic carbocycles. The van der Waals surface area contributed by atoms with E-state index in [0.29, 0.717) is 12.0 Å². The van der Waals surface area contributed by atoms with Crippen molar-refractivity contribution in [3.05, 3.63) is 0 Å². The molecule has 4 rings (SSSR count). The van der Waals surface area contributed by atoms with Crippen LogP contribution in [-0.4, -0.2) is 48.6 Å². The fourth-order valence-corrected chi connectivity index (χ4v) is 3.71. The van der Waals surface area contributed by atoms with Gasteiger partial charge in [0.15, 0.2) is 0 Å². The van der Waals surface area contributed by atoms with Crippen molar-refractivity contribution in [1.82, 2.24) is 15.5 Å². The first-order valence-electron chi connectivity index (χ1n) is 7.46. The Kier molecular flexibility index (Phi) is 3.32. The van der Waals surface area contributed by atoms with Gasteiger partial charge in [-0.05, 0) is 64.6 Å². The molecular formula is C14H25N3O. The van der Waals surface area contributed by atoms with Gasteiger partial charge in [0.25, 0.3) is 0 Å². The quantitative estimate of drug-likeness (QED) is 0.760. The molecule has 2 N–H and O–H groups in total. The minimum atomic E-state index is -0.329. The van der Waals surface area contributed by atoms with E-state index in [1.54, 1.807) is 0 Å². The molecule has 0 aromatic heterocycles. The minimum Gasteiger partial charge on any atom is -0.350 e. The van der Waals surface area contributed by atoms with E-state index in [0.717, 1.165) is 25.9 Å². The molecule has 0 aromatic rings. The van der Waals surface area contributed by atoms with Crippen molar-refractivity contribution in [2.75, 3.05) is 26.2 Å². The molecular weight excluding hydrogens is 226 g/mol. The summed E-state index contributed by atoms with van der Waals surface area (Å²) in [5, 5.41) is 6.72. The van der Waals surface area contributed by atoms with Gasteiger partial charge in [-0.15, -0.1) is 0 Å². The van der Waals surface area contributed by atoms with Gasteiger partial charge in [-0.3, -0.25) is 4.79 Å². The van der Waals surface area contributed by atoms with E-state index in [9.17, 15) is 4.79 Å². The van der Waals surface area contributed by atoms with Crippen molar-refractivity contribution < 1.29 is 4.79 Å².